The van der Waals surface area contributed by atoms with Gasteiger partial charge >= 0.3 is 6.03 Å². The highest BCUT2D eigenvalue weighted by Crippen LogP contribution is 2.31. The Balaban J connectivity index is 1.73. The van der Waals surface area contributed by atoms with Crippen LogP contribution in [0.3, 0.4) is 0 Å². The maximum Gasteiger partial charge on any atom is 0.325 e. The molecule has 1 saturated carbocycles. The molecule has 1 saturated heterocycles. The van der Waals surface area contributed by atoms with Crippen LogP contribution in [-0.4, -0.2) is 47.3 Å². The van der Waals surface area contributed by atoms with Crippen LogP contribution < -0.4 is 5.32 Å². The topological polar surface area (TPSA) is 69.7 Å². The molecule has 0 radical (unpaired) electrons. The van der Waals surface area contributed by atoms with Crippen molar-refractivity contribution in [2.75, 3.05) is 19.6 Å². The van der Waals surface area contributed by atoms with Gasteiger partial charge in [0.15, 0.2) is 0 Å². The molecule has 1 N–H and O–H groups in total. The van der Waals surface area contributed by atoms with Crippen molar-refractivity contribution in [2.24, 2.45) is 5.92 Å². The van der Waals surface area contributed by atoms with Gasteiger partial charge < -0.3 is 10.2 Å². The number of carbonyl (C=O) groups excluding carboxylic acids is 3. The number of nitrogens with one attached hydrogen (secondary N) is 1. The summed E-state index contributed by atoms with van der Waals surface area (Å²) in [6.07, 6.45) is 3.07. The van der Waals surface area contributed by atoms with Crippen molar-refractivity contribution < 1.29 is 18.8 Å². The van der Waals surface area contributed by atoms with Crippen LogP contribution in [0.2, 0.25) is 0 Å². The van der Waals surface area contributed by atoms with Crippen molar-refractivity contribution in [2.45, 2.75) is 38.6 Å². The minimum atomic E-state index is -1.29. The molecule has 0 spiro atoms. The molecule has 1 aliphatic carbocycles. The number of imide groups is 1. The molecule has 3 rings (SSSR count). The van der Waals surface area contributed by atoms with Gasteiger partial charge in [0.2, 0.25) is 5.91 Å². The minimum absolute atomic E-state index is 0.217. The quantitative estimate of drug-likeness (QED) is 0.757. The normalized spacial score (nSPS) is 22.5. The molecular weight excluding hydrogens is 337 g/mol. The van der Waals surface area contributed by atoms with Gasteiger partial charge in [-0.05, 0) is 49.8 Å². The highest BCUT2D eigenvalue weighted by atomic mass is 19.1. The summed E-state index contributed by atoms with van der Waals surface area (Å²) in [6.45, 7) is 4.60. The number of hydrogen-bond donors (Lipinski definition) is 1. The fourth-order valence-electron chi connectivity index (χ4n) is 3.25. The molecule has 0 unspecified atom stereocenters. The summed E-state index contributed by atoms with van der Waals surface area (Å²) >= 11 is 0. The van der Waals surface area contributed by atoms with E-state index < -0.39 is 23.3 Å². The van der Waals surface area contributed by atoms with E-state index >= 15 is 0 Å². The lowest BCUT2D eigenvalue weighted by molar-refractivity contribution is -0.139. The van der Waals surface area contributed by atoms with Crippen LogP contribution in [0.15, 0.2) is 24.3 Å². The van der Waals surface area contributed by atoms with Gasteiger partial charge in [0.25, 0.3) is 5.91 Å². The summed E-state index contributed by atoms with van der Waals surface area (Å²) in [5.41, 5.74) is -0.812. The summed E-state index contributed by atoms with van der Waals surface area (Å²) in [7, 11) is 0. The third-order valence-corrected chi connectivity index (χ3v) is 5.01. The van der Waals surface area contributed by atoms with E-state index in [0.29, 0.717) is 24.6 Å². The smallest absolute Gasteiger partial charge is 0.325 e. The molecule has 6 nitrogen and oxygen atoms in total. The summed E-state index contributed by atoms with van der Waals surface area (Å²) in [4.78, 5) is 40.5. The molecule has 4 amide bonds. The van der Waals surface area contributed by atoms with Crippen LogP contribution in [0.1, 0.15) is 38.7 Å². The Morgan fingerprint density at radius 3 is 2.54 bits per heavy atom. The molecule has 1 aliphatic heterocycles. The molecule has 0 aromatic heterocycles. The Labute approximate surface area is 152 Å². The molecule has 1 heterocycles. The predicted octanol–water partition coefficient (Wildman–Crippen LogP) is 2.24. The average molecular weight is 361 g/mol. The van der Waals surface area contributed by atoms with E-state index in [1.807, 2.05) is 6.92 Å². The maximum absolute atomic E-state index is 13.2. The van der Waals surface area contributed by atoms with E-state index in [1.54, 1.807) is 11.8 Å². The second kappa shape index (κ2) is 7.05. The van der Waals surface area contributed by atoms with E-state index in [1.165, 1.54) is 24.3 Å². The SMILES string of the molecule is CCCN(CC1CC1)C(=O)CN1C(=O)N[C@@](C)(c2ccc(F)cc2)C1=O. The van der Waals surface area contributed by atoms with Gasteiger partial charge in [-0.15, -0.1) is 0 Å². The number of rotatable bonds is 7. The lowest BCUT2D eigenvalue weighted by atomic mass is 9.92. The zero-order valence-corrected chi connectivity index (χ0v) is 15.1. The number of urea groups is 1. The third-order valence-electron chi connectivity index (χ3n) is 5.01. The Morgan fingerprint density at radius 1 is 1.31 bits per heavy atom. The molecule has 2 aliphatic rings. The van der Waals surface area contributed by atoms with Gasteiger partial charge in [-0.1, -0.05) is 19.1 Å². The molecule has 7 heteroatoms. The first kappa shape index (κ1) is 18.4. The molecule has 1 aromatic rings. The highest BCUT2D eigenvalue weighted by Gasteiger charge is 2.49. The Bertz CT molecular complexity index is 717. The first-order valence-electron chi connectivity index (χ1n) is 9.03. The van der Waals surface area contributed by atoms with Crippen LogP contribution in [0.5, 0.6) is 0 Å². The molecule has 140 valence electrons. The largest absolute Gasteiger partial charge is 0.341 e. The first-order valence-corrected chi connectivity index (χ1v) is 9.03. The van der Waals surface area contributed by atoms with E-state index in [4.69, 9.17) is 0 Å². The second-order valence-corrected chi connectivity index (χ2v) is 7.24. The summed E-state index contributed by atoms with van der Waals surface area (Å²) in [6, 6.07) is 4.82. The Kier molecular flexibility index (Phi) is 4.98. The van der Waals surface area contributed by atoms with E-state index in [2.05, 4.69) is 5.32 Å². The maximum atomic E-state index is 13.2. The average Bonchev–Trinajstić information content (AvgIpc) is 3.39. The van der Waals surface area contributed by atoms with Crippen LogP contribution in [0.4, 0.5) is 9.18 Å². The number of halogens is 1. The standard InChI is InChI=1S/C19H24FN3O3/c1-3-10-22(11-13-4-5-13)16(24)12-23-17(25)19(2,21-18(23)26)14-6-8-15(20)9-7-14/h6-9,13H,3-5,10-12H2,1-2H3,(H,21,26)/t19-/m0/s1. The zero-order valence-electron chi connectivity index (χ0n) is 15.1. The molecule has 26 heavy (non-hydrogen) atoms. The summed E-state index contributed by atoms with van der Waals surface area (Å²) in [5.74, 6) is -0.592. The predicted molar refractivity (Wildman–Crippen MR) is 93.6 cm³/mol. The number of benzene rings is 1. The van der Waals surface area contributed by atoms with Crippen molar-refractivity contribution in [3.05, 3.63) is 35.6 Å². The van der Waals surface area contributed by atoms with Crippen LogP contribution in [0, 0.1) is 11.7 Å². The molecule has 1 aromatic carbocycles. The van der Waals surface area contributed by atoms with Crippen LogP contribution in [-0.2, 0) is 15.1 Å². The van der Waals surface area contributed by atoms with Crippen LogP contribution >= 0.6 is 0 Å². The number of nitrogens with zero attached hydrogens (tertiary/aromatic N) is 2. The van der Waals surface area contributed by atoms with Crippen molar-refractivity contribution in [1.29, 1.82) is 0 Å². The van der Waals surface area contributed by atoms with Gasteiger partial charge in [0, 0.05) is 13.1 Å². The monoisotopic (exact) mass is 361 g/mol. The zero-order chi connectivity index (χ0) is 18.9. The van der Waals surface area contributed by atoms with Crippen molar-refractivity contribution >= 4 is 17.8 Å². The molecule has 0 bridgehead atoms. The molecule has 2 fully saturated rings. The van der Waals surface area contributed by atoms with E-state index in [0.717, 1.165) is 24.2 Å². The lowest BCUT2D eigenvalue weighted by Gasteiger charge is -2.25. The van der Waals surface area contributed by atoms with Crippen molar-refractivity contribution in [3.63, 3.8) is 0 Å². The van der Waals surface area contributed by atoms with Gasteiger partial charge in [0.05, 0.1) is 0 Å². The molecule has 1 atom stereocenters. The second-order valence-electron chi connectivity index (χ2n) is 7.24. The first-order chi connectivity index (χ1) is 12.3. The van der Waals surface area contributed by atoms with E-state index in [-0.39, 0.29) is 12.5 Å². The lowest BCUT2D eigenvalue weighted by Crippen LogP contribution is -2.45. The van der Waals surface area contributed by atoms with Gasteiger partial charge in [-0.3, -0.25) is 14.5 Å². The van der Waals surface area contributed by atoms with Crippen molar-refractivity contribution in [1.82, 2.24) is 15.1 Å². The highest BCUT2D eigenvalue weighted by molar-refractivity contribution is 6.09. The fraction of sp³-hybridized carbons (Fsp3) is 0.526. The number of carbonyl (C=O) groups is 3. The minimum Gasteiger partial charge on any atom is -0.341 e. The Hall–Kier alpha value is -2.44. The Morgan fingerprint density at radius 2 is 1.96 bits per heavy atom. The van der Waals surface area contributed by atoms with Crippen molar-refractivity contribution in [3.8, 4) is 0 Å². The van der Waals surface area contributed by atoms with E-state index in [9.17, 15) is 18.8 Å². The van der Waals surface area contributed by atoms with Gasteiger partial charge in [0.1, 0.15) is 17.9 Å². The fourth-order valence-corrected chi connectivity index (χ4v) is 3.25. The summed E-state index contributed by atoms with van der Waals surface area (Å²) in [5, 5.41) is 2.64. The number of hydrogen-bond acceptors (Lipinski definition) is 3. The third kappa shape index (κ3) is 3.57. The summed E-state index contributed by atoms with van der Waals surface area (Å²) < 4.78 is 13.2. The van der Waals surface area contributed by atoms with Gasteiger partial charge in [-0.25, -0.2) is 9.18 Å². The van der Waals surface area contributed by atoms with Gasteiger partial charge in [-0.2, -0.15) is 0 Å². The van der Waals surface area contributed by atoms with Crippen LogP contribution in [0.25, 0.3) is 0 Å². The molecular formula is C19H24FN3O3. The number of amides is 4.